The van der Waals surface area contributed by atoms with Crippen molar-refractivity contribution in [3.05, 3.63) is 23.3 Å². The van der Waals surface area contributed by atoms with E-state index in [2.05, 4.69) is 18.9 Å². The zero-order valence-corrected chi connectivity index (χ0v) is 15.5. The fraction of sp³-hybridized carbons (Fsp3) is 0.667. The van der Waals surface area contributed by atoms with Gasteiger partial charge in [0, 0.05) is 24.6 Å². The average Bonchev–Trinajstić information content (AvgIpc) is 3.28. The SMILES string of the molecule is CCC[C@@]12c3c4ccc(O)c3OC1C(=O)CC2(O)C(N(C)CC1CC1)C4. The van der Waals surface area contributed by atoms with Gasteiger partial charge < -0.3 is 14.9 Å². The van der Waals surface area contributed by atoms with Crippen molar-refractivity contribution in [3.63, 3.8) is 0 Å². The summed E-state index contributed by atoms with van der Waals surface area (Å²) >= 11 is 0. The van der Waals surface area contributed by atoms with Crippen molar-refractivity contribution in [3.8, 4) is 11.5 Å². The first-order chi connectivity index (χ1) is 12.4. The molecule has 2 saturated carbocycles. The maximum Gasteiger partial charge on any atom is 0.177 e. The van der Waals surface area contributed by atoms with E-state index in [1.165, 1.54) is 12.8 Å². The lowest BCUT2D eigenvalue weighted by Gasteiger charge is -2.52. The van der Waals surface area contributed by atoms with Gasteiger partial charge in [0.15, 0.2) is 23.4 Å². The van der Waals surface area contributed by atoms with Crippen molar-refractivity contribution in [2.45, 2.75) is 68.6 Å². The second kappa shape index (κ2) is 5.23. The number of ketones is 1. The van der Waals surface area contributed by atoms with Gasteiger partial charge in [0.25, 0.3) is 0 Å². The van der Waals surface area contributed by atoms with Crippen LogP contribution in [-0.2, 0) is 16.6 Å². The Balaban J connectivity index is 1.71. The summed E-state index contributed by atoms with van der Waals surface area (Å²) in [4.78, 5) is 15.2. The molecule has 1 aromatic rings. The number of phenolic OH excluding ortho intramolecular Hbond substituents is 1. The summed E-state index contributed by atoms with van der Waals surface area (Å²) in [7, 11) is 2.08. The van der Waals surface area contributed by atoms with Crippen LogP contribution in [0.4, 0.5) is 0 Å². The molecule has 4 aliphatic rings. The molecule has 5 heteroatoms. The number of carbonyl (C=O) groups excluding carboxylic acids is 1. The van der Waals surface area contributed by atoms with Crippen LogP contribution in [0.25, 0.3) is 0 Å². The fourth-order valence-corrected chi connectivity index (χ4v) is 6.06. The van der Waals surface area contributed by atoms with E-state index in [-0.39, 0.29) is 24.0 Å². The summed E-state index contributed by atoms with van der Waals surface area (Å²) in [6.07, 6.45) is 4.22. The number of nitrogens with zero attached hydrogens (tertiary/aromatic N) is 1. The van der Waals surface area contributed by atoms with Gasteiger partial charge in [-0.05, 0) is 50.3 Å². The Bertz CT molecular complexity index is 788. The third kappa shape index (κ3) is 1.86. The second-order valence-corrected chi connectivity index (χ2v) is 8.84. The maximum atomic E-state index is 12.9. The molecule has 4 atom stereocenters. The molecule has 5 rings (SSSR count). The van der Waals surface area contributed by atoms with Crippen molar-refractivity contribution in [1.82, 2.24) is 4.90 Å². The maximum absolute atomic E-state index is 12.9. The number of phenols is 1. The molecule has 26 heavy (non-hydrogen) atoms. The van der Waals surface area contributed by atoms with Crippen LogP contribution in [0.15, 0.2) is 12.1 Å². The predicted molar refractivity (Wildman–Crippen MR) is 96.5 cm³/mol. The van der Waals surface area contributed by atoms with Crippen LogP contribution < -0.4 is 4.74 Å². The van der Waals surface area contributed by atoms with Gasteiger partial charge in [0.05, 0.1) is 5.41 Å². The Kier molecular flexibility index (Phi) is 3.33. The quantitative estimate of drug-likeness (QED) is 0.845. The fourth-order valence-electron chi connectivity index (χ4n) is 6.06. The zero-order valence-electron chi connectivity index (χ0n) is 15.5. The number of aromatic hydroxyl groups is 1. The molecule has 1 aromatic carbocycles. The molecule has 140 valence electrons. The third-order valence-electron chi connectivity index (χ3n) is 7.25. The normalized spacial score (nSPS) is 37.2. The van der Waals surface area contributed by atoms with Crippen LogP contribution >= 0.6 is 0 Å². The van der Waals surface area contributed by atoms with Gasteiger partial charge in [0.2, 0.25) is 0 Å². The van der Waals surface area contributed by atoms with Gasteiger partial charge in [-0.2, -0.15) is 0 Å². The van der Waals surface area contributed by atoms with Crippen molar-refractivity contribution in [2.75, 3.05) is 13.6 Å². The summed E-state index contributed by atoms with van der Waals surface area (Å²) in [5.41, 5.74) is 0.137. The number of Topliss-reactive ketones (excluding diaryl/α,β-unsaturated/α-hetero) is 1. The van der Waals surface area contributed by atoms with E-state index in [1.54, 1.807) is 6.07 Å². The number of hydrogen-bond donors (Lipinski definition) is 2. The number of benzene rings is 1. The minimum atomic E-state index is -1.14. The van der Waals surface area contributed by atoms with Crippen molar-refractivity contribution in [2.24, 2.45) is 5.92 Å². The van der Waals surface area contributed by atoms with E-state index < -0.39 is 17.1 Å². The predicted octanol–water partition coefficient (Wildman–Crippen LogP) is 2.16. The zero-order chi connectivity index (χ0) is 18.3. The van der Waals surface area contributed by atoms with E-state index in [9.17, 15) is 15.0 Å². The Labute approximate surface area is 154 Å². The Hall–Kier alpha value is -1.59. The summed E-state index contributed by atoms with van der Waals surface area (Å²) in [6, 6.07) is 3.52. The monoisotopic (exact) mass is 357 g/mol. The number of rotatable bonds is 5. The van der Waals surface area contributed by atoms with Crippen molar-refractivity contribution < 1.29 is 19.7 Å². The van der Waals surface area contributed by atoms with Crippen molar-refractivity contribution >= 4 is 5.78 Å². The van der Waals surface area contributed by atoms with Crippen molar-refractivity contribution in [1.29, 1.82) is 0 Å². The molecular formula is C21H27NO4. The highest BCUT2D eigenvalue weighted by Gasteiger charge is 2.74. The van der Waals surface area contributed by atoms with Crippen LogP contribution in [-0.4, -0.2) is 52.2 Å². The van der Waals surface area contributed by atoms with Crippen LogP contribution in [0.2, 0.25) is 0 Å². The van der Waals surface area contributed by atoms with Crippen LogP contribution in [0.1, 0.15) is 50.2 Å². The summed E-state index contributed by atoms with van der Waals surface area (Å²) in [6.45, 7) is 3.05. The molecule has 0 bridgehead atoms. The van der Waals surface area contributed by atoms with Gasteiger partial charge >= 0.3 is 0 Å². The Morgan fingerprint density at radius 1 is 1.35 bits per heavy atom. The molecule has 2 fully saturated rings. The standard InChI is InChI=1S/C21H27NO4/c1-3-8-20-17-13-6-7-14(23)18(17)26-19(20)15(24)10-21(20,25)16(9-13)22(2)11-12-4-5-12/h6-7,12,16,19,23,25H,3-5,8-11H2,1-2H3/t16?,19?,20-,21?/m1/s1. The average molecular weight is 357 g/mol. The van der Waals surface area contributed by atoms with Gasteiger partial charge in [-0.3, -0.25) is 9.69 Å². The number of aliphatic hydroxyl groups is 1. The van der Waals surface area contributed by atoms with E-state index in [4.69, 9.17) is 4.74 Å². The number of likely N-dealkylation sites (N-methyl/N-ethyl adjacent to an activating group) is 1. The minimum Gasteiger partial charge on any atom is -0.504 e. The molecular weight excluding hydrogens is 330 g/mol. The molecule has 0 spiro atoms. The van der Waals surface area contributed by atoms with E-state index in [0.717, 1.165) is 30.0 Å². The van der Waals surface area contributed by atoms with Crippen LogP contribution in [0.3, 0.4) is 0 Å². The highest BCUT2D eigenvalue weighted by atomic mass is 16.5. The van der Waals surface area contributed by atoms with E-state index in [1.807, 2.05) is 6.07 Å². The summed E-state index contributed by atoms with van der Waals surface area (Å²) in [5, 5.41) is 22.4. The third-order valence-corrected chi connectivity index (χ3v) is 7.25. The smallest absolute Gasteiger partial charge is 0.177 e. The molecule has 1 aliphatic heterocycles. The lowest BCUT2D eigenvalue weighted by molar-refractivity contribution is -0.124. The second-order valence-electron chi connectivity index (χ2n) is 8.84. The molecule has 3 unspecified atom stereocenters. The number of hydrogen-bond acceptors (Lipinski definition) is 5. The molecule has 1 heterocycles. The Morgan fingerprint density at radius 2 is 2.12 bits per heavy atom. The lowest BCUT2D eigenvalue weighted by atomic mass is 9.57. The highest BCUT2D eigenvalue weighted by molar-refractivity contribution is 5.93. The lowest BCUT2D eigenvalue weighted by Crippen LogP contribution is -2.65. The molecule has 0 amide bonds. The first-order valence-electron chi connectivity index (χ1n) is 9.89. The molecule has 5 nitrogen and oxygen atoms in total. The van der Waals surface area contributed by atoms with Gasteiger partial charge in [-0.15, -0.1) is 0 Å². The summed E-state index contributed by atoms with van der Waals surface area (Å²) < 4.78 is 6.03. The molecule has 2 N–H and O–H groups in total. The summed E-state index contributed by atoms with van der Waals surface area (Å²) in [5.74, 6) is 1.19. The molecule has 0 radical (unpaired) electrons. The van der Waals surface area contributed by atoms with E-state index in [0.29, 0.717) is 18.6 Å². The Morgan fingerprint density at radius 3 is 2.81 bits per heavy atom. The van der Waals surface area contributed by atoms with Gasteiger partial charge in [-0.1, -0.05) is 19.4 Å². The minimum absolute atomic E-state index is 0.0331. The number of ether oxygens (including phenoxy) is 1. The van der Waals surface area contributed by atoms with Crippen LogP contribution in [0, 0.1) is 5.92 Å². The molecule has 0 saturated heterocycles. The molecule has 3 aliphatic carbocycles. The van der Waals surface area contributed by atoms with Gasteiger partial charge in [-0.25, -0.2) is 0 Å². The molecule has 0 aromatic heterocycles. The van der Waals surface area contributed by atoms with E-state index >= 15 is 0 Å². The largest absolute Gasteiger partial charge is 0.504 e. The first kappa shape index (κ1) is 16.6. The van der Waals surface area contributed by atoms with Gasteiger partial charge in [0.1, 0.15) is 5.60 Å². The topological polar surface area (TPSA) is 70.0 Å². The highest BCUT2D eigenvalue weighted by Crippen LogP contribution is 2.64. The number of carbonyl (C=O) groups is 1. The first-order valence-corrected chi connectivity index (χ1v) is 9.89. The van der Waals surface area contributed by atoms with Crippen LogP contribution in [0.5, 0.6) is 11.5 Å².